The zero-order valence-corrected chi connectivity index (χ0v) is 9.47. The Hall–Kier alpha value is -0.0800. The molecule has 0 radical (unpaired) electrons. The fourth-order valence-electron chi connectivity index (χ4n) is 2.39. The van der Waals surface area contributed by atoms with E-state index in [-0.39, 0.29) is 0 Å². The Bertz CT molecular complexity index is 130. The summed E-state index contributed by atoms with van der Waals surface area (Å²) < 4.78 is 0. The first-order valence-electron chi connectivity index (χ1n) is 6.19. The maximum absolute atomic E-state index is 8.69. The highest BCUT2D eigenvalue weighted by Gasteiger charge is 2.17. The topological polar surface area (TPSA) is 32.3 Å². The summed E-state index contributed by atoms with van der Waals surface area (Å²) in [7, 11) is 0. The van der Waals surface area contributed by atoms with Crippen molar-refractivity contribution in [1.82, 2.24) is 5.32 Å². The number of rotatable bonds is 5. The molecule has 0 aromatic carbocycles. The minimum atomic E-state index is 0.310. The van der Waals surface area contributed by atoms with E-state index < -0.39 is 0 Å². The van der Waals surface area contributed by atoms with Gasteiger partial charge in [0, 0.05) is 12.6 Å². The first kappa shape index (κ1) is 12.0. The Kier molecular flexibility index (Phi) is 6.20. The molecular weight excluding hydrogens is 174 g/mol. The Morgan fingerprint density at radius 2 is 1.86 bits per heavy atom. The van der Waals surface area contributed by atoms with Crippen molar-refractivity contribution in [1.29, 1.82) is 0 Å². The second-order valence-electron chi connectivity index (χ2n) is 4.57. The lowest BCUT2D eigenvalue weighted by atomic mass is 9.93. The highest BCUT2D eigenvalue weighted by atomic mass is 16.3. The monoisotopic (exact) mass is 199 g/mol. The average molecular weight is 199 g/mol. The molecule has 0 saturated heterocycles. The van der Waals surface area contributed by atoms with Crippen LogP contribution in [0, 0.1) is 5.92 Å². The number of aliphatic hydroxyl groups is 1. The molecule has 0 aromatic rings. The first-order valence-corrected chi connectivity index (χ1v) is 6.19. The molecule has 1 rings (SSSR count). The lowest BCUT2D eigenvalue weighted by molar-refractivity contribution is 0.273. The second kappa shape index (κ2) is 7.24. The summed E-state index contributed by atoms with van der Waals surface area (Å²) in [5.41, 5.74) is 0. The lowest BCUT2D eigenvalue weighted by Crippen LogP contribution is -2.34. The van der Waals surface area contributed by atoms with Gasteiger partial charge in [-0.1, -0.05) is 25.7 Å². The van der Waals surface area contributed by atoms with Gasteiger partial charge in [-0.15, -0.1) is 0 Å². The summed E-state index contributed by atoms with van der Waals surface area (Å²) in [5, 5.41) is 12.2. The lowest BCUT2D eigenvalue weighted by Gasteiger charge is -2.23. The van der Waals surface area contributed by atoms with Crippen molar-refractivity contribution >= 4 is 0 Å². The van der Waals surface area contributed by atoms with Crippen LogP contribution >= 0.6 is 0 Å². The zero-order valence-electron chi connectivity index (χ0n) is 9.47. The van der Waals surface area contributed by atoms with Crippen molar-refractivity contribution in [3.05, 3.63) is 0 Å². The third kappa shape index (κ3) is 4.43. The summed E-state index contributed by atoms with van der Waals surface area (Å²) >= 11 is 0. The fourth-order valence-corrected chi connectivity index (χ4v) is 2.39. The van der Waals surface area contributed by atoms with Crippen LogP contribution in [-0.2, 0) is 0 Å². The quantitative estimate of drug-likeness (QED) is 0.526. The van der Waals surface area contributed by atoms with Gasteiger partial charge in [-0.3, -0.25) is 0 Å². The van der Waals surface area contributed by atoms with Crippen LogP contribution in [0.1, 0.15) is 51.9 Å². The number of nitrogens with one attached hydrogen (secondary N) is 1. The van der Waals surface area contributed by atoms with E-state index in [4.69, 9.17) is 5.11 Å². The van der Waals surface area contributed by atoms with E-state index in [0.29, 0.717) is 12.6 Å². The molecule has 0 aliphatic heterocycles. The molecule has 0 amide bonds. The zero-order chi connectivity index (χ0) is 10.2. The molecule has 0 unspecified atom stereocenters. The van der Waals surface area contributed by atoms with Gasteiger partial charge in [0.1, 0.15) is 0 Å². The van der Waals surface area contributed by atoms with Gasteiger partial charge in [0.05, 0.1) is 0 Å². The summed E-state index contributed by atoms with van der Waals surface area (Å²) in [4.78, 5) is 0. The molecule has 0 aromatic heterocycles. The summed E-state index contributed by atoms with van der Waals surface area (Å²) in [6.45, 7) is 3.58. The Labute approximate surface area is 88.1 Å². The van der Waals surface area contributed by atoms with Crippen LogP contribution < -0.4 is 5.32 Å². The molecule has 0 heterocycles. The van der Waals surface area contributed by atoms with Crippen LogP contribution in [0.3, 0.4) is 0 Å². The molecular formula is C12H25NO. The molecule has 84 valence electrons. The Morgan fingerprint density at radius 1 is 1.21 bits per heavy atom. The molecule has 0 spiro atoms. The summed E-state index contributed by atoms with van der Waals surface area (Å²) in [5.74, 6) is 0.871. The van der Waals surface area contributed by atoms with Crippen LogP contribution in [0.15, 0.2) is 0 Å². The van der Waals surface area contributed by atoms with Gasteiger partial charge in [-0.2, -0.15) is 0 Å². The number of hydrogen-bond acceptors (Lipinski definition) is 2. The first-order chi connectivity index (χ1) is 6.84. The molecule has 2 N–H and O–H groups in total. The van der Waals surface area contributed by atoms with Crippen LogP contribution in [-0.4, -0.2) is 24.3 Å². The highest BCUT2D eigenvalue weighted by molar-refractivity contribution is 4.74. The molecule has 2 nitrogen and oxygen atoms in total. The van der Waals surface area contributed by atoms with Crippen molar-refractivity contribution in [2.24, 2.45) is 5.92 Å². The van der Waals surface area contributed by atoms with Crippen molar-refractivity contribution < 1.29 is 5.11 Å². The molecule has 14 heavy (non-hydrogen) atoms. The van der Waals surface area contributed by atoms with Crippen LogP contribution in [0.5, 0.6) is 0 Å². The normalized spacial score (nSPS) is 21.9. The van der Waals surface area contributed by atoms with Gasteiger partial charge < -0.3 is 10.4 Å². The average Bonchev–Trinajstić information content (AvgIpc) is 2.46. The second-order valence-corrected chi connectivity index (χ2v) is 4.57. The highest BCUT2D eigenvalue weighted by Crippen LogP contribution is 2.25. The molecule has 1 fully saturated rings. The summed E-state index contributed by atoms with van der Waals surface area (Å²) in [6, 6.07) is 0.639. The molecule has 1 aliphatic carbocycles. The minimum Gasteiger partial charge on any atom is -0.396 e. The molecule has 0 bridgehead atoms. The minimum absolute atomic E-state index is 0.310. The van der Waals surface area contributed by atoms with Gasteiger partial charge in [0.25, 0.3) is 0 Å². The van der Waals surface area contributed by atoms with E-state index in [0.717, 1.165) is 18.9 Å². The number of aliphatic hydroxyl groups excluding tert-OH is 1. The van der Waals surface area contributed by atoms with Gasteiger partial charge in [-0.25, -0.2) is 0 Å². The smallest absolute Gasteiger partial charge is 0.0443 e. The largest absolute Gasteiger partial charge is 0.396 e. The van der Waals surface area contributed by atoms with Gasteiger partial charge in [0.2, 0.25) is 0 Å². The van der Waals surface area contributed by atoms with Gasteiger partial charge >= 0.3 is 0 Å². The molecule has 1 aliphatic rings. The van der Waals surface area contributed by atoms with E-state index in [1.54, 1.807) is 0 Å². The standard InChI is InChI=1S/C12H25NO/c1-11(13-9-6-10-14)12-7-4-2-3-5-8-12/h11-14H,2-10H2,1H3/t11-/m0/s1. The predicted molar refractivity (Wildman–Crippen MR) is 60.4 cm³/mol. The van der Waals surface area contributed by atoms with Crippen molar-refractivity contribution in [3.63, 3.8) is 0 Å². The Balaban J connectivity index is 2.16. The van der Waals surface area contributed by atoms with Gasteiger partial charge in [-0.05, 0) is 38.6 Å². The van der Waals surface area contributed by atoms with Gasteiger partial charge in [0.15, 0.2) is 0 Å². The van der Waals surface area contributed by atoms with E-state index >= 15 is 0 Å². The fraction of sp³-hybridized carbons (Fsp3) is 1.00. The van der Waals surface area contributed by atoms with Crippen LogP contribution in [0.25, 0.3) is 0 Å². The number of hydrogen-bond donors (Lipinski definition) is 2. The molecule has 2 heteroatoms. The van der Waals surface area contributed by atoms with E-state index in [2.05, 4.69) is 12.2 Å². The predicted octanol–water partition coefficient (Wildman–Crippen LogP) is 2.32. The maximum atomic E-state index is 8.69. The van der Waals surface area contributed by atoms with Crippen LogP contribution in [0.2, 0.25) is 0 Å². The maximum Gasteiger partial charge on any atom is 0.0443 e. The summed E-state index contributed by atoms with van der Waals surface area (Å²) in [6.07, 6.45) is 9.37. The third-order valence-corrected chi connectivity index (χ3v) is 3.41. The van der Waals surface area contributed by atoms with Crippen molar-refractivity contribution in [2.45, 2.75) is 57.9 Å². The van der Waals surface area contributed by atoms with E-state index in [1.807, 2.05) is 0 Å². The molecule has 1 atom stereocenters. The van der Waals surface area contributed by atoms with E-state index in [1.165, 1.54) is 38.5 Å². The SMILES string of the molecule is C[C@H](NCCCO)C1CCCCCC1. The van der Waals surface area contributed by atoms with Crippen molar-refractivity contribution in [2.75, 3.05) is 13.2 Å². The van der Waals surface area contributed by atoms with Crippen LogP contribution in [0.4, 0.5) is 0 Å². The van der Waals surface area contributed by atoms with E-state index in [9.17, 15) is 0 Å². The Morgan fingerprint density at radius 3 is 2.43 bits per heavy atom. The third-order valence-electron chi connectivity index (χ3n) is 3.41. The van der Waals surface area contributed by atoms with Crippen molar-refractivity contribution in [3.8, 4) is 0 Å². The molecule has 1 saturated carbocycles.